The van der Waals surface area contributed by atoms with Crippen molar-refractivity contribution in [2.45, 2.75) is 70.3 Å². The monoisotopic (exact) mass is 214 g/mol. The van der Waals surface area contributed by atoms with Crippen LogP contribution in [0.2, 0.25) is 0 Å². The topological polar surface area (TPSA) is 0 Å². The highest BCUT2D eigenvalue weighted by Crippen LogP contribution is 2.42. The molecule has 0 bridgehead atoms. The molecular formula is C13H26S. The molecular weight excluding hydrogens is 188 g/mol. The Morgan fingerprint density at radius 2 is 1.86 bits per heavy atom. The normalized spacial score (nSPS) is 28.9. The van der Waals surface area contributed by atoms with E-state index < -0.39 is 0 Å². The fraction of sp³-hybridized carbons (Fsp3) is 1.00. The summed E-state index contributed by atoms with van der Waals surface area (Å²) in [6, 6.07) is 0. The molecule has 1 aliphatic rings. The van der Waals surface area contributed by atoms with E-state index in [1.54, 1.807) is 0 Å². The van der Waals surface area contributed by atoms with Gasteiger partial charge in [-0.05, 0) is 24.7 Å². The molecule has 0 aromatic heterocycles. The second-order valence-electron chi connectivity index (χ2n) is 5.19. The molecule has 0 nitrogen and oxygen atoms in total. The third-order valence-corrected chi connectivity index (χ3v) is 5.25. The lowest BCUT2D eigenvalue weighted by Gasteiger charge is -2.37. The molecule has 1 rings (SSSR count). The third kappa shape index (κ3) is 3.84. The standard InChI is InChI=1S/C13H26S/c1-5-6-7-12-8-13(9-12)14-11(4)10(2)3/h10-13H,5-9H2,1-4H3. The van der Waals surface area contributed by atoms with E-state index in [9.17, 15) is 0 Å². The lowest BCUT2D eigenvalue weighted by molar-refractivity contribution is 0.299. The highest BCUT2D eigenvalue weighted by molar-refractivity contribution is 8.00. The van der Waals surface area contributed by atoms with Gasteiger partial charge in [-0.3, -0.25) is 0 Å². The summed E-state index contributed by atoms with van der Waals surface area (Å²) >= 11 is 2.23. The van der Waals surface area contributed by atoms with Gasteiger partial charge in [0.2, 0.25) is 0 Å². The Kier molecular flexibility index (Phi) is 5.36. The number of thioether (sulfide) groups is 1. The van der Waals surface area contributed by atoms with Crippen LogP contribution in [0.3, 0.4) is 0 Å². The first-order valence-electron chi connectivity index (χ1n) is 6.29. The highest BCUT2D eigenvalue weighted by atomic mass is 32.2. The van der Waals surface area contributed by atoms with E-state index in [0.717, 1.165) is 22.3 Å². The predicted molar refractivity (Wildman–Crippen MR) is 67.9 cm³/mol. The van der Waals surface area contributed by atoms with E-state index in [4.69, 9.17) is 0 Å². The molecule has 0 heterocycles. The fourth-order valence-corrected chi connectivity index (χ4v) is 3.66. The second kappa shape index (κ2) is 6.05. The Bertz CT molecular complexity index is 147. The molecule has 1 atom stereocenters. The minimum absolute atomic E-state index is 0.842. The van der Waals surface area contributed by atoms with Gasteiger partial charge < -0.3 is 0 Å². The summed E-state index contributed by atoms with van der Waals surface area (Å²) < 4.78 is 0. The molecule has 1 unspecified atom stereocenters. The summed E-state index contributed by atoms with van der Waals surface area (Å²) in [7, 11) is 0. The van der Waals surface area contributed by atoms with Crippen LogP contribution in [0.1, 0.15) is 59.8 Å². The average molecular weight is 214 g/mol. The first kappa shape index (κ1) is 12.4. The van der Waals surface area contributed by atoms with E-state index in [-0.39, 0.29) is 0 Å². The predicted octanol–water partition coefficient (Wildman–Crippen LogP) is 4.73. The van der Waals surface area contributed by atoms with Crippen LogP contribution in [-0.2, 0) is 0 Å². The van der Waals surface area contributed by atoms with E-state index in [2.05, 4.69) is 39.5 Å². The Hall–Kier alpha value is 0.350. The first-order chi connectivity index (χ1) is 6.63. The van der Waals surface area contributed by atoms with Crippen LogP contribution < -0.4 is 0 Å². The van der Waals surface area contributed by atoms with E-state index in [1.165, 1.54) is 32.1 Å². The van der Waals surface area contributed by atoms with Crippen molar-refractivity contribution < 1.29 is 0 Å². The van der Waals surface area contributed by atoms with Crippen molar-refractivity contribution in [3.63, 3.8) is 0 Å². The Balaban J connectivity index is 2.04. The molecule has 1 heteroatoms. The van der Waals surface area contributed by atoms with Crippen LogP contribution in [0, 0.1) is 11.8 Å². The van der Waals surface area contributed by atoms with Crippen LogP contribution in [0.4, 0.5) is 0 Å². The zero-order valence-electron chi connectivity index (χ0n) is 10.3. The van der Waals surface area contributed by atoms with Gasteiger partial charge in [0.05, 0.1) is 0 Å². The van der Waals surface area contributed by atoms with Gasteiger partial charge in [-0.1, -0.05) is 47.0 Å². The van der Waals surface area contributed by atoms with Crippen LogP contribution >= 0.6 is 11.8 Å². The summed E-state index contributed by atoms with van der Waals surface area (Å²) in [5.74, 6) is 1.92. The quantitative estimate of drug-likeness (QED) is 0.616. The van der Waals surface area contributed by atoms with Crippen molar-refractivity contribution in [3.05, 3.63) is 0 Å². The number of unbranched alkanes of at least 4 members (excludes halogenated alkanes) is 1. The maximum absolute atomic E-state index is 2.38. The molecule has 1 aliphatic carbocycles. The molecule has 0 radical (unpaired) electrons. The first-order valence-corrected chi connectivity index (χ1v) is 7.23. The van der Waals surface area contributed by atoms with Crippen molar-refractivity contribution in [2.24, 2.45) is 11.8 Å². The zero-order chi connectivity index (χ0) is 10.6. The van der Waals surface area contributed by atoms with Gasteiger partial charge in [0.15, 0.2) is 0 Å². The number of hydrogen-bond donors (Lipinski definition) is 0. The molecule has 0 spiro atoms. The molecule has 1 fully saturated rings. The molecule has 0 saturated heterocycles. The minimum atomic E-state index is 0.842. The number of rotatable bonds is 6. The molecule has 14 heavy (non-hydrogen) atoms. The lowest BCUT2D eigenvalue weighted by atomic mass is 9.81. The maximum Gasteiger partial charge on any atom is 0.00551 e. The Morgan fingerprint density at radius 3 is 2.36 bits per heavy atom. The second-order valence-corrected chi connectivity index (χ2v) is 6.87. The van der Waals surface area contributed by atoms with Crippen molar-refractivity contribution in [3.8, 4) is 0 Å². The molecule has 0 aromatic rings. The highest BCUT2D eigenvalue weighted by Gasteiger charge is 2.30. The maximum atomic E-state index is 2.38. The Labute approximate surface area is 94.2 Å². The van der Waals surface area contributed by atoms with Gasteiger partial charge in [-0.25, -0.2) is 0 Å². The molecule has 84 valence electrons. The molecule has 0 N–H and O–H groups in total. The van der Waals surface area contributed by atoms with Crippen LogP contribution in [-0.4, -0.2) is 10.5 Å². The van der Waals surface area contributed by atoms with Crippen LogP contribution in [0.25, 0.3) is 0 Å². The van der Waals surface area contributed by atoms with Crippen molar-refractivity contribution in [2.75, 3.05) is 0 Å². The molecule has 0 amide bonds. The van der Waals surface area contributed by atoms with E-state index in [0.29, 0.717) is 0 Å². The van der Waals surface area contributed by atoms with E-state index in [1.807, 2.05) is 0 Å². The summed E-state index contributed by atoms with van der Waals surface area (Å²) in [6.45, 7) is 9.36. The smallest absolute Gasteiger partial charge is 0.00551 e. The molecule has 1 saturated carbocycles. The van der Waals surface area contributed by atoms with Crippen molar-refractivity contribution in [1.82, 2.24) is 0 Å². The Morgan fingerprint density at radius 1 is 1.21 bits per heavy atom. The third-order valence-electron chi connectivity index (χ3n) is 3.50. The van der Waals surface area contributed by atoms with Crippen LogP contribution in [0.5, 0.6) is 0 Å². The fourth-order valence-electron chi connectivity index (χ4n) is 1.97. The van der Waals surface area contributed by atoms with E-state index >= 15 is 0 Å². The van der Waals surface area contributed by atoms with Gasteiger partial charge in [0.25, 0.3) is 0 Å². The average Bonchev–Trinajstić information content (AvgIpc) is 2.08. The SMILES string of the molecule is CCCCC1CC(SC(C)C(C)C)C1. The minimum Gasteiger partial charge on any atom is -0.155 e. The van der Waals surface area contributed by atoms with Gasteiger partial charge in [-0.15, -0.1) is 0 Å². The number of hydrogen-bond acceptors (Lipinski definition) is 1. The van der Waals surface area contributed by atoms with Crippen LogP contribution in [0.15, 0.2) is 0 Å². The summed E-state index contributed by atoms with van der Waals surface area (Å²) in [4.78, 5) is 0. The molecule has 0 aliphatic heterocycles. The van der Waals surface area contributed by atoms with Gasteiger partial charge in [0.1, 0.15) is 0 Å². The largest absolute Gasteiger partial charge is 0.155 e. The lowest BCUT2D eigenvalue weighted by Crippen LogP contribution is -2.28. The summed E-state index contributed by atoms with van der Waals surface area (Å²) in [5.41, 5.74) is 0. The zero-order valence-corrected chi connectivity index (χ0v) is 11.1. The van der Waals surface area contributed by atoms with Gasteiger partial charge >= 0.3 is 0 Å². The summed E-state index contributed by atoms with van der Waals surface area (Å²) in [5, 5.41) is 1.85. The van der Waals surface area contributed by atoms with Crippen molar-refractivity contribution in [1.29, 1.82) is 0 Å². The van der Waals surface area contributed by atoms with Crippen molar-refractivity contribution >= 4 is 11.8 Å². The summed E-state index contributed by atoms with van der Waals surface area (Å²) in [6.07, 6.45) is 7.31. The van der Waals surface area contributed by atoms with Gasteiger partial charge in [-0.2, -0.15) is 11.8 Å². The van der Waals surface area contributed by atoms with Gasteiger partial charge in [0, 0.05) is 10.5 Å². The molecule has 0 aromatic carbocycles.